The molecule has 19 heavy (non-hydrogen) atoms. The lowest BCUT2D eigenvalue weighted by Gasteiger charge is -2.38. The topological polar surface area (TPSA) is 44.4 Å². The van der Waals surface area contributed by atoms with Gasteiger partial charge in [0, 0.05) is 12.6 Å². The fraction of sp³-hybridized carbons (Fsp3) is 0.933. The molecule has 110 valence electrons. The highest BCUT2D eigenvalue weighted by molar-refractivity contribution is 5.81. The van der Waals surface area contributed by atoms with Crippen molar-refractivity contribution in [3.63, 3.8) is 0 Å². The Morgan fingerprint density at radius 1 is 1.37 bits per heavy atom. The summed E-state index contributed by atoms with van der Waals surface area (Å²) in [6.45, 7) is 7.58. The van der Waals surface area contributed by atoms with Gasteiger partial charge in [-0.1, -0.05) is 6.92 Å². The summed E-state index contributed by atoms with van der Waals surface area (Å²) in [5, 5.41) is 6.58. The fourth-order valence-corrected chi connectivity index (χ4v) is 3.10. The van der Waals surface area contributed by atoms with Crippen LogP contribution in [0.25, 0.3) is 0 Å². The average molecular weight is 267 g/mol. The zero-order valence-electron chi connectivity index (χ0n) is 12.7. The molecule has 2 N–H and O–H groups in total. The van der Waals surface area contributed by atoms with Crippen LogP contribution in [0.15, 0.2) is 0 Å². The molecule has 0 aromatic carbocycles. The molecule has 2 aliphatic rings. The third-order valence-corrected chi connectivity index (χ3v) is 4.82. The van der Waals surface area contributed by atoms with E-state index >= 15 is 0 Å². The molecule has 0 radical (unpaired) electrons. The molecule has 0 aromatic heterocycles. The van der Waals surface area contributed by atoms with Crippen molar-refractivity contribution in [2.24, 2.45) is 5.41 Å². The van der Waals surface area contributed by atoms with Crippen LogP contribution in [0.5, 0.6) is 0 Å². The molecule has 2 heterocycles. The molecule has 2 unspecified atom stereocenters. The first-order valence-corrected chi connectivity index (χ1v) is 7.71. The Labute approximate surface area is 117 Å². The van der Waals surface area contributed by atoms with E-state index in [1.807, 2.05) is 0 Å². The van der Waals surface area contributed by atoms with E-state index in [-0.39, 0.29) is 17.4 Å². The van der Waals surface area contributed by atoms with Crippen LogP contribution in [0, 0.1) is 5.41 Å². The summed E-state index contributed by atoms with van der Waals surface area (Å²) in [6.07, 6.45) is 5.69. The molecule has 0 aromatic rings. The molecule has 4 heteroatoms. The van der Waals surface area contributed by atoms with Gasteiger partial charge in [-0.3, -0.25) is 4.79 Å². The second kappa shape index (κ2) is 6.23. The molecule has 2 fully saturated rings. The first-order chi connectivity index (χ1) is 8.98. The monoisotopic (exact) mass is 267 g/mol. The molecule has 1 amide bonds. The lowest BCUT2D eigenvalue weighted by Crippen LogP contribution is -2.52. The summed E-state index contributed by atoms with van der Waals surface area (Å²) < 4.78 is 0. The van der Waals surface area contributed by atoms with Crippen molar-refractivity contribution in [2.75, 3.05) is 26.7 Å². The van der Waals surface area contributed by atoms with Crippen molar-refractivity contribution in [3.05, 3.63) is 0 Å². The normalized spacial score (nSPS) is 31.9. The number of nitrogens with zero attached hydrogens (tertiary/aromatic N) is 1. The summed E-state index contributed by atoms with van der Waals surface area (Å²) in [4.78, 5) is 14.6. The van der Waals surface area contributed by atoms with E-state index in [0.717, 1.165) is 32.5 Å². The van der Waals surface area contributed by atoms with Crippen LogP contribution in [0.3, 0.4) is 0 Å². The van der Waals surface area contributed by atoms with Crippen molar-refractivity contribution in [3.8, 4) is 0 Å². The van der Waals surface area contributed by atoms with Crippen LogP contribution < -0.4 is 10.6 Å². The summed E-state index contributed by atoms with van der Waals surface area (Å²) in [5.74, 6) is 0.201. The number of rotatable bonds is 3. The van der Waals surface area contributed by atoms with E-state index in [0.29, 0.717) is 6.04 Å². The van der Waals surface area contributed by atoms with E-state index in [4.69, 9.17) is 0 Å². The third-order valence-electron chi connectivity index (χ3n) is 4.82. The van der Waals surface area contributed by atoms with E-state index in [1.165, 1.54) is 19.3 Å². The van der Waals surface area contributed by atoms with Crippen LogP contribution in [-0.2, 0) is 4.79 Å². The van der Waals surface area contributed by atoms with Gasteiger partial charge in [-0.05, 0) is 64.6 Å². The lowest BCUT2D eigenvalue weighted by atomic mass is 9.80. The van der Waals surface area contributed by atoms with Gasteiger partial charge in [0.15, 0.2) is 0 Å². The molecule has 0 spiro atoms. The number of hydrogen-bond donors (Lipinski definition) is 2. The van der Waals surface area contributed by atoms with Gasteiger partial charge < -0.3 is 15.5 Å². The highest BCUT2D eigenvalue weighted by atomic mass is 16.2. The number of hydrogen-bond acceptors (Lipinski definition) is 3. The Balaban J connectivity index is 1.76. The maximum atomic E-state index is 12.2. The first kappa shape index (κ1) is 14.8. The predicted molar refractivity (Wildman–Crippen MR) is 78.1 cm³/mol. The van der Waals surface area contributed by atoms with Crippen molar-refractivity contribution in [1.29, 1.82) is 0 Å². The Morgan fingerprint density at radius 3 is 2.68 bits per heavy atom. The highest BCUT2D eigenvalue weighted by Gasteiger charge is 2.31. The summed E-state index contributed by atoms with van der Waals surface area (Å²) in [6, 6.07) is 0.502. The van der Waals surface area contributed by atoms with Crippen molar-refractivity contribution < 1.29 is 4.79 Å². The summed E-state index contributed by atoms with van der Waals surface area (Å²) >= 11 is 0. The maximum absolute atomic E-state index is 12.2. The Kier molecular flexibility index (Phi) is 4.85. The van der Waals surface area contributed by atoms with Gasteiger partial charge in [0.2, 0.25) is 5.91 Å². The number of nitrogens with one attached hydrogen (secondary N) is 2. The Hall–Kier alpha value is -0.610. The summed E-state index contributed by atoms with van der Waals surface area (Å²) in [7, 11) is 2.17. The molecule has 0 bridgehead atoms. The zero-order chi connectivity index (χ0) is 13.9. The van der Waals surface area contributed by atoms with Gasteiger partial charge in [-0.15, -0.1) is 0 Å². The van der Waals surface area contributed by atoms with Gasteiger partial charge in [0.05, 0.1) is 6.04 Å². The summed E-state index contributed by atoms with van der Waals surface area (Å²) in [5.41, 5.74) is 0.280. The molecule has 0 aliphatic carbocycles. The van der Waals surface area contributed by atoms with Crippen molar-refractivity contribution in [1.82, 2.24) is 15.5 Å². The number of amides is 1. The van der Waals surface area contributed by atoms with Gasteiger partial charge in [-0.2, -0.15) is 0 Å². The van der Waals surface area contributed by atoms with Gasteiger partial charge in [0.1, 0.15) is 0 Å². The average Bonchev–Trinajstić information content (AvgIpc) is 2.40. The minimum absolute atomic E-state index is 0.0265. The first-order valence-electron chi connectivity index (χ1n) is 7.71. The SMILES string of the molecule is CC1CCCC(C(=O)NCC2(C)CCN(C)CC2)N1. The maximum Gasteiger partial charge on any atom is 0.237 e. The number of piperidine rings is 2. The number of likely N-dealkylation sites (tertiary alicyclic amines) is 1. The molecule has 0 saturated carbocycles. The van der Waals surface area contributed by atoms with Crippen molar-refractivity contribution >= 4 is 5.91 Å². The van der Waals surface area contributed by atoms with Crippen LogP contribution in [0.2, 0.25) is 0 Å². The van der Waals surface area contributed by atoms with Gasteiger partial charge in [0.25, 0.3) is 0 Å². The second-order valence-corrected chi connectivity index (χ2v) is 6.88. The zero-order valence-corrected chi connectivity index (χ0v) is 12.7. The Bertz CT molecular complexity index is 311. The van der Waals surface area contributed by atoms with Crippen molar-refractivity contribution in [2.45, 2.75) is 58.0 Å². The third kappa shape index (κ3) is 4.18. The van der Waals surface area contributed by atoms with Crippen LogP contribution in [-0.4, -0.2) is 49.6 Å². The van der Waals surface area contributed by atoms with Gasteiger partial charge >= 0.3 is 0 Å². The molecule has 2 rings (SSSR count). The second-order valence-electron chi connectivity index (χ2n) is 6.88. The molecular weight excluding hydrogens is 238 g/mol. The van der Waals surface area contributed by atoms with Crippen LogP contribution in [0.4, 0.5) is 0 Å². The predicted octanol–water partition coefficient (Wildman–Crippen LogP) is 1.37. The molecule has 2 aliphatic heterocycles. The number of carbonyl (C=O) groups excluding carboxylic acids is 1. The van der Waals surface area contributed by atoms with Crippen LogP contribution in [0.1, 0.15) is 46.0 Å². The largest absolute Gasteiger partial charge is 0.354 e. The molecule has 4 nitrogen and oxygen atoms in total. The van der Waals surface area contributed by atoms with E-state index in [9.17, 15) is 4.79 Å². The smallest absolute Gasteiger partial charge is 0.237 e. The standard InChI is InChI=1S/C15H29N3O/c1-12-5-4-6-13(17-12)14(19)16-11-15(2)7-9-18(3)10-8-15/h12-13,17H,4-11H2,1-3H3,(H,16,19). The van der Waals surface area contributed by atoms with Crippen LogP contribution >= 0.6 is 0 Å². The fourth-order valence-electron chi connectivity index (χ4n) is 3.10. The Morgan fingerprint density at radius 2 is 2.05 bits per heavy atom. The molecular formula is C15H29N3O. The minimum atomic E-state index is 0.0265. The van der Waals surface area contributed by atoms with Gasteiger partial charge in [-0.25, -0.2) is 0 Å². The molecule has 2 saturated heterocycles. The highest BCUT2D eigenvalue weighted by Crippen LogP contribution is 2.29. The lowest BCUT2D eigenvalue weighted by molar-refractivity contribution is -0.124. The van der Waals surface area contributed by atoms with E-state index < -0.39 is 0 Å². The quantitative estimate of drug-likeness (QED) is 0.811. The van der Waals surface area contributed by atoms with E-state index in [2.05, 4.69) is 36.4 Å². The number of carbonyl (C=O) groups is 1. The minimum Gasteiger partial charge on any atom is -0.354 e. The molecule has 2 atom stereocenters. The van der Waals surface area contributed by atoms with E-state index in [1.54, 1.807) is 0 Å².